The van der Waals surface area contributed by atoms with Crippen LogP contribution in [0.4, 0.5) is 4.39 Å². The van der Waals surface area contributed by atoms with E-state index >= 15 is 0 Å². The number of fused-ring (bicyclic) bond motifs is 2. The summed E-state index contributed by atoms with van der Waals surface area (Å²) >= 11 is 0. The third-order valence-corrected chi connectivity index (χ3v) is 4.42. The smallest absolute Gasteiger partial charge is 0.147 e. The summed E-state index contributed by atoms with van der Waals surface area (Å²) in [7, 11) is 0. The van der Waals surface area contributed by atoms with Gasteiger partial charge in [0.15, 0.2) is 0 Å². The fourth-order valence-corrected chi connectivity index (χ4v) is 3.35. The Kier molecular flexibility index (Phi) is 2.28. The lowest BCUT2D eigenvalue weighted by atomic mass is 9.78. The fourth-order valence-electron chi connectivity index (χ4n) is 3.35. The molecular weight excluding hydrogens is 219 g/mol. The number of hydrogen-bond donors (Lipinski definition) is 2. The number of aromatic nitrogens is 1. The highest BCUT2D eigenvalue weighted by molar-refractivity contribution is 5.25. The molecule has 2 bridgehead atoms. The molecule has 1 unspecified atom stereocenters. The first-order valence-electron chi connectivity index (χ1n) is 6.12. The second kappa shape index (κ2) is 3.50. The van der Waals surface area contributed by atoms with Crippen LogP contribution in [-0.2, 0) is 0 Å². The minimum atomic E-state index is -0.783. The maximum atomic E-state index is 13.7. The SMILES string of the molecule is CC12CCC(C(O)c3ccncc3F)(CC1)N2. The van der Waals surface area contributed by atoms with E-state index in [-0.39, 0.29) is 11.1 Å². The van der Waals surface area contributed by atoms with Crippen molar-refractivity contribution in [3.05, 3.63) is 29.8 Å². The first-order valence-corrected chi connectivity index (χ1v) is 6.12. The van der Waals surface area contributed by atoms with Crippen molar-refractivity contribution < 1.29 is 9.50 Å². The van der Waals surface area contributed by atoms with E-state index in [0.717, 1.165) is 31.9 Å². The Morgan fingerprint density at radius 2 is 2.12 bits per heavy atom. The van der Waals surface area contributed by atoms with Crippen LogP contribution in [0.1, 0.15) is 44.3 Å². The highest BCUT2D eigenvalue weighted by atomic mass is 19.1. The molecule has 0 aromatic carbocycles. The number of aliphatic hydroxyl groups excluding tert-OH is 1. The molecule has 1 aromatic heterocycles. The summed E-state index contributed by atoms with van der Waals surface area (Å²) in [6, 6.07) is 1.57. The third-order valence-electron chi connectivity index (χ3n) is 4.42. The Bertz CT molecular complexity index is 441. The molecule has 4 heteroatoms. The Hall–Kier alpha value is -1.00. The molecule has 3 rings (SSSR count). The van der Waals surface area contributed by atoms with Crippen molar-refractivity contribution in [2.45, 2.75) is 49.8 Å². The van der Waals surface area contributed by atoms with E-state index in [1.807, 2.05) is 0 Å². The van der Waals surface area contributed by atoms with Crippen LogP contribution in [0.5, 0.6) is 0 Å². The van der Waals surface area contributed by atoms with Gasteiger partial charge in [-0.3, -0.25) is 4.98 Å². The number of aliphatic hydroxyl groups is 1. The molecule has 0 saturated carbocycles. The largest absolute Gasteiger partial charge is 0.386 e. The molecule has 2 fully saturated rings. The molecule has 0 radical (unpaired) electrons. The van der Waals surface area contributed by atoms with Gasteiger partial charge in [0.05, 0.1) is 6.20 Å². The van der Waals surface area contributed by atoms with Crippen molar-refractivity contribution in [3.63, 3.8) is 0 Å². The summed E-state index contributed by atoms with van der Waals surface area (Å²) in [4.78, 5) is 3.72. The van der Waals surface area contributed by atoms with Crippen LogP contribution in [0, 0.1) is 5.82 Å². The van der Waals surface area contributed by atoms with Gasteiger partial charge in [0.2, 0.25) is 0 Å². The van der Waals surface area contributed by atoms with Gasteiger partial charge in [-0.2, -0.15) is 0 Å². The molecule has 0 spiro atoms. The first kappa shape index (κ1) is 11.1. The molecule has 1 aromatic rings. The van der Waals surface area contributed by atoms with Gasteiger partial charge in [0.25, 0.3) is 0 Å². The van der Waals surface area contributed by atoms with Crippen LogP contribution in [0.25, 0.3) is 0 Å². The van der Waals surface area contributed by atoms with Gasteiger partial charge in [0.1, 0.15) is 11.9 Å². The second-order valence-electron chi connectivity index (χ2n) is 5.64. The number of hydrogen-bond acceptors (Lipinski definition) is 3. The molecule has 0 aliphatic carbocycles. The molecule has 0 amide bonds. The Morgan fingerprint density at radius 3 is 2.65 bits per heavy atom. The summed E-state index contributed by atoms with van der Waals surface area (Å²) in [5.41, 5.74) is 0.153. The predicted octanol–water partition coefficient (Wildman–Crippen LogP) is 1.93. The Morgan fingerprint density at radius 1 is 1.41 bits per heavy atom. The van der Waals surface area contributed by atoms with Crippen LogP contribution in [-0.4, -0.2) is 21.2 Å². The standard InChI is InChI=1S/C13H17FN2O/c1-12-3-5-13(16-12,6-4-12)11(17)9-2-7-15-8-10(9)14/h2,7-8,11,16-17H,3-6H2,1H3. The lowest BCUT2D eigenvalue weighted by molar-refractivity contribution is 0.0704. The first-order chi connectivity index (χ1) is 8.05. The number of halogens is 1. The number of nitrogens with zero attached hydrogens (tertiary/aromatic N) is 1. The van der Waals surface area contributed by atoms with E-state index in [9.17, 15) is 9.50 Å². The minimum Gasteiger partial charge on any atom is -0.386 e. The van der Waals surface area contributed by atoms with Crippen molar-refractivity contribution in [1.82, 2.24) is 10.3 Å². The summed E-state index contributed by atoms with van der Waals surface area (Å²) in [5.74, 6) is -0.420. The van der Waals surface area contributed by atoms with Gasteiger partial charge in [-0.05, 0) is 38.7 Å². The third kappa shape index (κ3) is 1.58. The predicted molar refractivity (Wildman–Crippen MR) is 61.9 cm³/mol. The Labute approximate surface area is 100 Å². The second-order valence-corrected chi connectivity index (χ2v) is 5.64. The quantitative estimate of drug-likeness (QED) is 0.824. The van der Waals surface area contributed by atoms with Crippen LogP contribution in [0.2, 0.25) is 0 Å². The molecule has 2 saturated heterocycles. The average Bonchev–Trinajstić information content (AvgIpc) is 2.83. The molecule has 92 valence electrons. The number of pyridine rings is 1. The summed E-state index contributed by atoms with van der Waals surface area (Å²) in [5, 5.41) is 14.0. The molecule has 1 atom stereocenters. The van der Waals surface area contributed by atoms with Gasteiger partial charge in [-0.1, -0.05) is 0 Å². The molecular formula is C13H17FN2O. The maximum absolute atomic E-state index is 13.7. The minimum absolute atomic E-state index is 0.129. The zero-order chi connectivity index (χ0) is 12.1. The number of rotatable bonds is 2. The number of nitrogens with one attached hydrogen (secondary N) is 1. The van der Waals surface area contributed by atoms with Crippen LogP contribution in [0.3, 0.4) is 0 Å². The fraction of sp³-hybridized carbons (Fsp3) is 0.615. The maximum Gasteiger partial charge on any atom is 0.147 e. The summed E-state index contributed by atoms with van der Waals surface area (Å²) < 4.78 is 13.7. The van der Waals surface area contributed by atoms with Gasteiger partial charge < -0.3 is 10.4 Å². The lowest BCUT2D eigenvalue weighted by Gasteiger charge is -2.32. The van der Waals surface area contributed by atoms with E-state index in [4.69, 9.17) is 0 Å². The molecule has 3 heterocycles. The van der Waals surface area contributed by atoms with Gasteiger partial charge in [-0.15, -0.1) is 0 Å². The highest BCUT2D eigenvalue weighted by Gasteiger charge is 2.55. The molecule has 2 aliphatic heterocycles. The summed E-state index contributed by atoms with van der Waals surface area (Å²) in [6.07, 6.45) is 5.83. The normalized spacial score (nSPS) is 37.4. The molecule has 2 aliphatic rings. The van der Waals surface area contributed by atoms with Gasteiger partial charge in [0, 0.05) is 22.8 Å². The van der Waals surface area contributed by atoms with Gasteiger partial charge in [-0.25, -0.2) is 4.39 Å². The van der Waals surface area contributed by atoms with E-state index < -0.39 is 11.9 Å². The Balaban J connectivity index is 1.93. The zero-order valence-corrected chi connectivity index (χ0v) is 9.91. The molecule has 2 N–H and O–H groups in total. The molecule has 3 nitrogen and oxygen atoms in total. The van der Waals surface area contributed by atoms with E-state index in [0.29, 0.717) is 5.56 Å². The van der Waals surface area contributed by atoms with Crippen molar-refractivity contribution in [3.8, 4) is 0 Å². The van der Waals surface area contributed by atoms with Gasteiger partial charge >= 0.3 is 0 Å². The van der Waals surface area contributed by atoms with Crippen LogP contribution < -0.4 is 5.32 Å². The van der Waals surface area contributed by atoms with E-state index in [1.165, 1.54) is 6.20 Å². The molecule has 17 heavy (non-hydrogen) atoms. The average molecular weight is 236 g/mol. The topological polar surface area (TPSA) is 45.2 Å². The van der Waals surface area contributed by atoms with E-state index in [2.05, 4.69) is 17.2 Å². The van der Waals surface area contributed by atoms with Crippen LogP contribution in [0.15, 0.2) is 18.5 Å². The van der Waals surface area contributed by atoms with E-state index in [1.54, 1.807) is 6.07 Å². The van der Waals surface area contributed by atoms with Crippen LogP contribution >= 0.6 is 0 Å². The highest BCUT2D eigenvalue weighted by Crippen LogP contribution is 2.50. The van der Waals surface area contributed by atoms with Crippen molar-refractivity contribution in [2.24, 2.45) is 0 Å². The van der Waals surface area contributed by atoms with Crippen molar-refractivity contribution >= 4 is 0 Å². The van der Waals surface area contributed by atoms with Crippen molar-refractivity contribution in [1.29, 1.82) is 0 Å². The zero-order valence-electron chi connectivity index (χ0n) is 9.91. The monoisotopic (exact) mass is 236 g/mol. The summed E-state index contributed by atoms with van der Waals surface area (Å²) in [6.45, 7) is 2.18. The lowest BCUT2D eigenvalue weighted by Crippen LogP contribution is -2.45. The van der Waals surface area contributed by atoms with Crippen molar-refractivity contribution in [2.75, 3.05) is 0 Å².